The molecule has 0 aliphatic carbocycles. The normalized spacial score (nSPS) is 22.9. The van der Waals surface area contributed by atoms with E-state index in [2.05, 4.69) is 9.62 Å². The lowest BCUT2D eigenvalue weighted by molar-refractivity contribution is -0.137. The van der Waals surface area contributed by atoms with Crippen molar-refractivity contribution < 1.29 is 26.3 Å². The van der Waals surface area contributed by atoms with Gasteiger partial charge in [0.1, 0.15) is 0 Å². The SMILES string of the molecule is CC1CN(CCNS(=O)(=O)Cc2cccc(C(F)(F)F)c2)CC(C)O1. The van der Waals surface area contributed by atoms with Crippen LogP contribution in [0.25, 0.3) is 0 Å². The van der Waals surface area contributed by atoms with Crippen LogP contribution in [-0.2, 0) is 26.7 Å². The lowest BCUT2D eigenvalue weighted by Crippen LogP contribution is -2.47. The highest BCUT2D eigenvalue weighted by molar-refractivity contribution is 7.88. The van der Waals surface area contributed by atoms with Gasteiger partial charge in [0.15, 0.2) is 0 Å². The summed E-state index contributed by atoms with van der Waals surface area (Å²) in [4.78, 5) is 2.10. The number of nitrogens with one attached hydrogen (secondary N) is 1. The van der Waals surface area contributed by atoms with Gasteiger partial charge in [-0.3, -0.25) is 4.90 Å². The summed E-state index contributed by atoms with van der Waals surface area (Å²) in [5.74, 6) is -0.479. The predicted octanol–water partition coefficient (Wildman–Crippen LogP) is 2.23. The van der Waals surface area contributed by atoms with Gasteiger partial charge in [-0.25, -0.2) is 13.1 Å². The molecule has 1 aliphatic rings. The van der Waals surface area contributed by atoms with Crippen LogP contribution in [0.3, 0.4) is 0 Å². The number of hydrogen-bond donors (Lipinski definition) is 1. The minimum atomic E-state index is -4.49. The van der Waals surface area contributed by atoms with Crippen LogP contribution >= 0.6 is 0 Å². The number of morpholine rings is 1. The molecule has 1 heterocycles. The van der Waals surface area contributed by atoms with Gasteiger partial charge in [0.25, 0.3) is 0 Å². The molecule has 1 aliphatic heterocycles. The zero-order valence-electron chi connectivity index (χ0n) is 14.2. The highest BCUT2D eigenvalue weighted by Crippen LogP contribution is 2.29. The van der Waals surface area contributed by atoms with Gasteiger partial charge in [0, 0.05) is 26.2 Å². The molecule has 0 spiro atoms. The minimum Gasteiger partial charge on any atom is -0.373 e. The van der Waals surface area contributed by atoms with E-state index in [9.17, 15) is 21.6 Å². The molecule has 142 valence electrons. The molecular formula is C16H23F3N2O3S. The standard InChI is InChI=1S/C16H23F3N2O3S/c1-12-9-21(10-13(2)24-12)7-6-20-25(22,23)11-14-4-3-5-15(8-14)16(17,18)19/h3-5,8,12-13,20H,6-7,9-11H2,1-2H3. The van der Waals surface area contributed by atoms with Crippen LogP contribution in [0.5, 0.6) is 0 Å². The van der Waals surface area contributed by atoms with E-state index in [1.54, 1.807) is 0 Å². The molecule has 1 aromatic rings. The number of ether oxygens (including phenoxy) is 1. The van der Waals surface area contributed by atoms with Crippen LogP contribution in [0.2, 0.25) is 0 Å². The Bertz CT molecular complexity index is 669. The van der Waals surface area contributed by atoms with E-state index in [-0.39, 0.29) is 24.3 Å². The number of hydrogen-bond acceptors (Lipinski definition) is 4. The number of rotatable bonds is 6. The third-order valence-electron chi connectivity index (χ3n) is 3.86. The smallest absolute Gasteiger partial charge is 0.373 e. The summed E-state index contributed by atoms with van der Waals surface area (Å²) >= 11 is 0. The van der Waals surface area contributed by atoms with Crippen molar-refractivity contribution in [3.63, 3.8) is 0 Å². The Morgan fingerprint density at radius 2 is 1.88 bits per heavy atom. The summed E-state index contributed by atoms with van der Waals surface area (Å²) in [5, 5.41) is 0. The molecule has 0 bridgehead atoms. The van der Waals surface area contributed by atoms with Gasteiger partial charge in [-0.05, 0) is 25.5 Å². The average molecular weight is 380 g/mol. The Kier molecular flexibility index (Phi) is 6.47. The van der Waals surface area contributed by atoms with Crippen molar-refractivity contribution in [2.24, 2.45) is 0 Å². The van der Waals surface area contributed by atoms with Gasteiger partial charge in [0.2, 0.25) is 10.0 Å². The van der Waals surface area contributed by atoms with Crippen molar-refractivity contribution in [1.82, 2.24) is 9.62 Å². The predicted molar refractivity (Wildman–Crippen MR) is 88.5 cm³/mol. The van der Waals surface area contributed by atoms with Crippen molar-refractivity contribution >= 4 is 10.0 Å². The van der Waals surface area contributed by atoms with Crippen molar-refractivity contribution in [3.8, 4) is 0 Å². The largest absolute Gasteiger partial charge is 0.416 e. The fraction of sp³-hybridized carbons (Fsp3) is 0.625. The topological polar surface area (TPSA) is 58.6 Å². The van der Waals surface area contributed by atoms with Crippen molar-refractivity contribution in [2.75, 3.05) is 26.2 Å². The van der Waals surface area contributed by atoms with E-state index >= 15 is 0 Å². The summed E-state index contributed by atoms with van der Waals surface area (Å²) in [6.07, 6.45) is -4.31. The molecule has 0 aromatic heterocycles. The van der Waals surface area contributed by atoms with E-state index < -0.39 is 27.5 Å². The van der Waals surface area contributed by atoms with Crippen molar-refractivity contribution in [2.45, 2.75) is 38.0 Å². The van der Waals surface area contributed by atoms with E-state index in [1.807, 2.05) is 13.8 Å². The van der Waals surface area contributed by atoms with Gasteiger partial charge < -0.3 is 4.74 Å². The van der Waals surface area contributed by atoms with E-state index in [0.29, 0.717) is 6.54 Å². The molecule has 2 rings (SSSR count). The third-order valence-corrected chi connectivity index (χ3v) is 5.21. The maximum absolute atomic E-state index is 12.7. The highest BCUT2D eigenvalue weighted by Gasteiger charge is 2.30. The maximum Gasteiger partial charge on any atom is 0.416 e. The Morgan fingerprint density at radius 1 is 1.24 bits per heavy atom. The van der Waals surface area contributed by atoms with Crippen LogP contribution < -0.4 is 4.72 Å². The average Bonchev–Trinajstić information content (AvgIpc) is 2.44. The number of halogens is 3. The summed E-state index contributed by atoms with van der Waals surface area (Å²) < 4.78 is 70.3. The lowest BCUT2D eigenvalue weighted by Gasteiger charge is -2.35. The second kappa shape index (κ2) is 8.03. The zero-order chi connectivity index (χ0) is 18.7. The van der Waals surface area contributed by atoms with Gasteiger partial charge in [-0.1, -0.05) is 18.2 Å². The fourth-order valence-corrected chi connectivity index (χ4v) is 4.06. The Balaban J connectivity index is 1.88. The van der Waals surface area contributed by atoms with Gasteiger partial charge >= 0.3 is 6.18 Å². The third kappa shape index (κ3) is 6.58. The van der Waals surface area contributed by atoms with Gasteiger partial charge in [-0.15, -0.1) is 0 Å². The first-order valence-corrected chi connectivity index (χ1v) is 9.72. The quantitative estimate of drug-likeness (QED) is 0.822. The number of sulfonamides is 1. The second-order valence-electron chi connectivity index (χ2n) is 6.37. The summed E-state index contributed by atoms with van der Waals surface area (Å²) in [5.41, 5.74) is -0.743. The highest BCUT2D eigenvalue weighted by atomic mass is 32.2. The van der Waals surface area contributed by atoms with E-state index in [0.717, 1.165) is 25.2 Å². The molecule has 2 unspecified atom stereocenters. The molecule has 0 radical (unpaired) electrons. The van der Waals surface area contributed by atoms with Crippen LogP contribution in [0, 0.1) is 0 Å². The summed E-state index contributed by atoms with van der Waals surface area (Å²) in [7, 11) is -3.70. The maximum atomic E-state index is 12.7. The molecule has 5 nitrogen and oxygen atoms in total. The molecular weight excluding hydrogens is 357 g/mol. The lowest BCUT2D eigenvalue weighted by atomic mass is 10.1. The monoisotopic (exact) mass is 380 g/mol. The Labute approximate surface area is 146 Å². The minimum absolute atomic E-state index is 0.0884. The number of alkyl halides is 3. The zero-order valence-corrected chi connectivity index (χ0v) is 15.0. The summed E-state index contributed by atoms with van der Waals surface area (Å²) in [6.45, 7) is 6.10. The van der Waals surface area contributed by atoms with Crippen molar-refractivity contribution in [1.29, 1.82) is 0 Å². The molecule has 25 heavy (non-hydrogen) atoms. The second-order valence-corrected chi connectivity index (χ2v) is 8.18. The first kappa shape index (κ1) is 20.2. The number of benzene rings is 1. The van der Waals surface area contributed by atoms with Gasteiger partial charge in [-0.2, -0.15) is 13.2 Å². The van der Waals surface area contributed by atoms with Crippen LogP contribution in [0.1, 0.15) is 25.0 Å². The molecule has 9 heteroatoms. The molecule has 1 N–H and O–H groups in total. The molecule has 1 aromatic carbocycles. The first-order valence-electron chi connectivity index (χ1n) is 8.06. The molecule has 0 amide bonds. The first-order chi connectivity index (χ1) is 11.5. The van der Waals surface area contributed by atoms with E-state index in [4.69, 9.17) is 4.74 Å². The van der Waals surface area contributed by atoms with E-state index in [1.165, 1.54) is 12.1 Å². The Morgan fingerprint density at radius 3 is 2.48 bits per heavy atom. The molecule has 0 saturated carbocycles. The van der Waals surface area contributed by atoms with Gasteiger partial charge in [0.05, 0.1) is 23.5 Å². The molecule has 1 saturated heterocycles. The van der Waals surface area contributed by atoms with Crippen molar-refractivity contribution in [3.05, 3.63) is 35.4 Å². The number of nitrogens with zero attached hydrogens (tertiary/aromatic N) is 1. The van der Waals surface area contributed by atoms with Crippen LogP contribution in [0.4, 0.5) is 13.2 Å². The summed E-state index contributed by atoms with van der Waals surface area (Å²) in [6, 6.07) is 4.37. The fourth-order valence-electron chi connectivity index (χ4n) is 2.93. The molecule has 1 fully saturated rings. The molecule has 2 atom stereocenters. The Hall–Kier alpha value is -1.16. The van der Waals surface area contributed by atoms with Crippen LogP contribution in [-0.4, -0.2) is 51.7 Å². The van der Waals surface area contributed by atoms with Crippen LogP contribution in [0.15, 0.2) is 24.3 Å².